The number of likely N-dealkylation sites (tertiary alicyclic amines) is 1. The third-order valence-electron chi connectivity index (χ3n) is 7.29. The molecule has 0 radical (unpaired) electrons. The molecule has 2 aliphatic rings. The van der Waals surface area contributed by atoms with Crippen molar-refractivity contribution in [2.45, 2.75) is 34.8 Å². The predicted octanol–water partition coefficient (Wildman–Crippen LogP) is 3.34. The minimum Gasteiger partial charge on any atom is -0.494 e. The van der Waals surface area contributed by atoms with E-state index in [0.717, 1.165) is 12.8 Å². The predicted molar refractivity (Wildman–Crippen MR) is 154 cm³/mol. The summed E-state index contributed by atoms with van der Waals surface area (Å²) < 4.78 is 52.8. The lowest BCUT2D eigenvalue weighted by atomic mass is 9.92. The van der Waals surface area contributed by atoms with Gasteiger partial charge in [0.2, 0.25) is 0 Å². The molecule has 226 valence electrons. The summed E-state index contributed by atoms with van der Waals surface area (Å²) in [5, 5.41) is 23.0. The molecule has 0 bridgehead atoms. The van der Waals surface area contributed by atoms with E-state index in [-0.39, 0.29) is 52.1 Å². The Morgan fingerprint density at radius 2 is 2.07 bits per heavy atom. The van der Waals surface area contributed by atoms with Crippen LogP contribution in [0.3, 0.4) is 0 Å². The van der Waals surface area contributed by atoms with Gasteiger partial charge in [-0.1, -0.05) is 12.0 Å². The zero-order valence-electron chi connectivity index (χ0n) is 23.4. The number of aromatic nitrogens is 3. The highest BCUT2D eigenvalue weighted by atomic mass is 32.2. The third kappa shape index (κ3) is 6.59. The maximum absolute atomic E-state index is 13.6. The number of alkyl halides is 3. The molecule has 0 spiro atoms. The van der Waals surface area contributed by atoms with Gasteiger partial charge >= 0.3 is 5.51 Å². The highest BCUT2D eigenvalue weighted by molar-refractivity contribution is 8.00. The number of nitriles is 1. The number of nitrogens with zero attached hydrogens (tertiary/aromatic N) is 5. The smallest absolute Gasteiger partial charge is 0.446 e. The molecular weight excluding hydrogens is 585 g/mol. The Hall–Kier alpha value is -4.18. The molecule has 2 aliphatic heterocycles. The van der Waals surface area contributed by atoms with Gasteiger partial charge < -0.3 is 25.4 Å². The second-order valence-corrected chi connectivity index (χ2v) is 11.1. The first-order chi connectivity index (χ1) is 20.7. The number of rotatable bonds is 8. The van der Waals surface area contributed by atoms with E-state index >= 15 is 0 Å². The normalized spacial score (nSPS) is 16.8. The van der Waals surface area contributed by atoms with Gasteiger partial charge in [-0.25, -0.2) is 9.50 Å². The molecule has 0 aromatic carbocycles. The van der Waals surface area contributed by atoms with Crippen LogP contribution < -0.4 is 20.7 Å². The number of carbonyl (C=O) groups is 1. The highest BCUT2D eigenvalue weighted by Gasteiger charge is 2.45. The van der Waals surface area contributed by atoms with Crippen LogP contribution in [-0.2, 0) is 4.74 Å². The first-order valence-electron chi connectivity index (χ1n) is 13.4. The Kier molecular flexibility index (Phi) is 8.87. The lowest BCUT2D eigenvalue weighted by Gasteiger charge is -2.47. The number of piperidine rings is 1. The number of hydrogen-bond acceptors (Lipinski definition) is 10. The fraction of sp³-hybridized carbons (Fsp3) is 0.429. The lowest BCUT2D eigenvalue weighted by molar-refractivity contribution is -0.113. The van der Waals surface area contributed by atoms with Gasteiger partial charge in [0.1, 0.15) is 23.0 Å². The quantitative estimate of drug-likeness (QED) is 0.257. The third-order valence-corrected chi connectivity index (χ3v) is 8.13. The number of amides is 1. The van der Waals surface area contributed by atoms with Crippen molar-refractivity contribution in [3.8, 4) is 23.7 Å². The number of nitrogens with one attached hydrogen (secondary N) is 3. The van der Waals surface area contributed by atoms with Crippen LogP contribution in [0.25, 0.3) is 5.52 Å². The van der Waals surface area contributed by atoms with Gasteiger partial charge in [0.15, 0.2) is 5.54 Å². The van der Waals surface area contributed by atoms with Gasteiger partial charge in [0.05, 0.1) is 55.2 Å². The van der Waals surface area contributed by atoms with Crippen LogP contribution in [0, 0.1) is 23.2 Å². The second kappa shape index (κ2) is 12.6. The lowest BCUT2D eigenvalue weighted by Crippen LogP contribution is -2.63. The number of methoxy groups -OCH3 is 1. The summed E-state index contributed by atoms with van der Waals surface area (Å²) >= 11 is -0.251. The molecule has 0 aliphatic carbocycles. The molecule has 5 heterocycles. The molecule has 3 aromatic rings. The summed E-state index contributed by atoms with van der Waals surface area (Å²) in [5.74, 6) is 6.15. The van der Waals surface area contributed by atoms with Gasteiger partial charge in [-0.3, -0.25) is 9.69 Å². The van der Waals surface area contributed by atoms with Crippen LogP contribution in [-0.4, -0.2) is 89.5 Å². The molecule has 2 saturated heterocycles. The van der Waals surface area contributed by atoms with E-state index < -0.39 is 11.0 Å². The van der Waals surface area contributed by atoms with E-state index in [9.17, 15) is 23.2 Å². The number of carbonyl (C=O) groups excluding carboxylic acids is 1. The molecule has 5 rings (SSSR count). The van der Waals surface area contributed by atoms with E-state index in [2.05, 4.69) is 48.8 Å². The number of ether oxygens (including phenoxy) is 2. The van der Waals surface area contributed by atoms with E-state index in [4.69, 9.17) is 9.47 Å². The second-order valence-electron chi connectivity index (χ2n) is 9.98. The van der Waals surface area contributed by atoms with Gasteiger partial charge in [-0.05, 0) is 42.7 Å². The monoisotopic (exact) mass is 614 g/mol. The Bertz CT molecular complexity index is 1600. The van der Waals surface area contributed by atoms with Crippen molar-refractivity contribution in [1.82, 2.24) is 24.8 Å². The maximum atomic E-state index is 13.6. The van der Waals surface area contributed by atoms with E-state index in [0.29, 0.717) is 43.6 Å². The van der Waals surface area contributed by atoms with Crippen LogP contribution in [0.1, 0.15) is 29.0 Å². The molecule has 0 atom stereocenters. The van der Waals surface area contributed by atoms with E-state index in [1.807, 2.05) is 0 Å². The molecular formula is C28H29F3N8O3S. The highest BCUT2D eigenvalue weighted by Crippen LogP contribution is 2.41. The zero-order valence-corrected chi connectivity index (χ0v) is 24.2. The van der Waals surface area contributed by atoms with E-state index in [1.165, 1.54) is 30.9 Å². The molecule has 0 unspecified atom stereocenters. The summed E-state index contributed by atoms with van der Waals surface area (Å²) in [6, 6.07) is 8.93. The van der Waals surface area contributed by atoms with Crippen LogP contribution in [0.4, 0.5) is 24.7 Å². The molecule has 2 fully saturated rings. The molecule has 3 aromatic heterocycles. The van der Waals surface area contributed by atoms with Gasteiger partial charge in [-0.2, -0.15) is 23.5 Å². The van der Waals surface area contributed by atoms with Crippen molar-refractivity contribution in [3.05, 3.63) is 41.9 Å². The number of pyridine rings is 2. The van der Waals surface area contributed by atoms with Gasteiger partial charge in [0.25, 0.3) is 5.91 Å². The molecule has 11 nitrogen and oxygen atoms in total. The Balaban J connectivity index is 1.33. The summed E-state index contributed by atoms with van der Waals surface area (Å²) in [5.41, 5.74) is -4.18. The van der Waals surface area contributed by atoms with Crippen molar-refractivity contribution in [2.24, 2.45) is 0 Å². The Labute approximate surface area is 250 Å². The molecule has 43 heavy (non-hydrogen) atoms. The fourth-order valence-corrected chi connectivity index (χ4v) is 5.67. The van der Waals surface area contributed by atoms with Gasteiger partial charge in [-0.15, -0.1) is 0 Å². The number of fused-ring (bicyclic) bond motifs is 1. The summed E-state index contributed by atoms with van der Waals surface area (Å²) in [7, 11) is 2.93. The van der Waals surface area contributed by atoms with Gasteiger partial charge in [0, 0.05) is 32.2 Å². The average Bonchev–Trinajstić information content (AvgIpc) is 3.32. The van der Waals surface area contributed by atoms with Crippen molar-refractivity contribution in [2.75, 3.05) is 57.6 Å². The number of thioether (sulfide) groups is 1. The largest absolute Gasteiger partial charge is 0.494 e. The van der Waals surface area contributed by atoms with Crippen LogP contribution in [0.15, 0.2) is 35.4 Å². The first kappa shape index (κ1) is 30.3. The Morgan fingerprint density at radius 3 is 2.70 bits per heavy atom. The Morgan fingerprint density at radius 1 is 1.30 bits per heavy atom. The van der Waals surface area contributed by atoms with Crippen molar-refractivity contribution in [3.63, 3.8) is 0 Å². The van der Waals surface area contributed by atoms with Crippen molar-refractivity contribution >= 4 is 34.7 Å². The first-order valence-corrected chi connectivity index (χ1v) is 14.2. The number of halogens is 3. The standard InChI is InChI=1S/C28H29F3N8O3S/c1-33-26(40)20-13-23(41-2)21(14-35-20)34-10-4-5-19-25(43-28(29,30)31)22-6-3-7-24(39(22)37-19)36-18-8-11-38(12-9-18)27(15-32)16-42-17-27/h3,6-7,13-14,18,34,36H,8-12,16-17H2,1-2H3,(H,33,40). The summed E-state index contributed by atoms with van der Waals surface area (Å²) in [6.07, 6.45) is 2.93. The minimum atomic E-state index is -4.54. The molecule has 3 N–H and O–H groups in total. The van der Waals surface area contributed by atoms with Crippen LogP contribution >= 0.6 is 11.8 Å². The maximum Gasteiger partial charge on any atom is 0.446 e. The minimum absolute atomic E-state index is 0.00538. The van der Waals surface area contributed by atoms with Crippen molar-refractivity contribution < 1.29 is 27.4 Å². The van der Waals surface area contributed by atoms with E-state index in [1.54, 1.807) is 18.2 Å². The molecule has 1 amide bonds. The number of anilines is 2. The summed E-state index contributed by atoms with van der Waals surface area (Å²) in [4.78, 5) is 18.0. The molecule has 0 saturated carbocycles. The topological polar surface area (TPSA) is 129 Å². The van der Waals surface area contributed by atoms with Crippen LogP contribution in [0.5, 0.6) is 5.75 Å². The zero-order chi connectivity index (χ0) is 30.6. The van der Waals surface area contributed by atoms with Crippen molar-refractivity contribution in [1.29, 1.82) is 5.26 Å². The fourth-order valence-electron chi connectivity index (χ4n) is 4.99. The summed E-state index contributed by atoms with van der Waals surface area (Å²) in [6.45, 7) is 2.28. The average molecular weight is 615 g/mol. The number of hydrogen-bond donors (Lipinski definition) is 3. The SMILES string of the molecule is CNC(=O)c1cc(OC)c(NCC#Cc2nn3c(NC4CCN(C5(C#N)COC5)CC4)cccc3c2SC(F)(F)F)cn1. The molecule has 15 heteroatoms. The van der Waals surface area contributed by atoms with Crippen LogP contribution in [0.2, 0.25) is 0 Å².